The first-order chi connectivity index (χ1) is 8.32. The predicted octanol–water partition coefficient (Wildman–Crippen LogP) is 2.26. The molecule has 100 valence electrons. The molecular weight excluding hydrogens is 272 g/mol. The molecule has 0 bridgehead atoms. The number of nitrogen functional groups attached to an aromatic ring is 1. The van der Waals surface area contributed by atoms with Gasteiger partial charge in [0.1, 0.15) is 0 Å². The minimum atomic E-state index is -3.50. The summed E-state index contributed by atoms with van der Waals surface area (Å²) >= 11 is 5.89. The summed E-state index contributed by atoms with van der Waals surface area (Å²) in [4.78, 5) is 0.204. The number of hydrogen-bond acceptors (Lipinski definition) is 3. The van der Waals surface area contributed by atoms with Gasteiger partial charge >= 0.3 is 0 Å². The second-order valence-corrected chi connectivity index (χ2v) is 7.30. The molecule has 0 aliphatic heterocycles. The molecule has 1 aromatic carbocycles. The van der Waals surface area contributed by atoms with Crippen molar-refractivity contribution < 1.29 is 8.42 Å². The van der Waals surface area contributed by atoms with E-state index in [-0.39, 0.29) is 4.90 Å². The van der Waals surface area contributed by atoms with E-state index in [2.05, 4.69) is 0 Å². The molecule has 0 atom stereocenters. The third kappa shape index (κ3) is 2.63. The van der Waals surface area contributed by atoms with Crippen LogP contribution < -0.4 is 5.73 Å². The number of nitrogens with zero attached hydrogens (tertiary/aromatic N) is 1. The second kappa shape index (κ2) is 4.72. The van der Waals surface area contributed by atoms with Gasteiger partial charge in [-0.25, -0.2) is 12.7 Å². The highest BCUT2D eigenvalue weighted by atomic mass is 35.5. The van der Waals surface area contributed by atoms with Crippen molar-refractivity contribution in [2.45, 2.75) is 24.7 Å². The van der Waals surface area contributed by atoms with Crippen molar-refractivity contribution in [3.8, 4) is 0 Å². The molecule has 1 aromatic rings. The fourth-order valence-electron chi connectivity index (χ4n) is 1.87. The Balaban J connectivity index is 2.39. The first-order valence-electron chi connectivity index (χ1n) is 5.84. The summed E-state index contributed by atoms with van der Waals surface area (Å²) in [6.45, 7) is 2.26. The van der Waals surface area contributed by atoms with Crippen LogP contribution in [-0.2, 0) is 10.0 Å². The number of anilines is 1. The third-order valence-electron chi connectivity index (χ3n) is 3.27. The molecule has 0 unspecified atom stereocenters. The monoisotopic (exact) mass is 288 g/mol. The largest absolute Gasteiger partial charge is 0.398 e. The van der Waals surface area contributed by atoms with Gasteiger partial charge < -0.3 is 5.73 Å². The smallest absolute Gasteiger partial charge is 0.243 e. The summed E-state index contributed by atoms with van der Waals surface area (Å²) < 4.78 is 26.3. The Kier molecular flexibility index (Phi) is 3.58. The zero-order valence-electron chi connectivity index (χ0n) is 10.5. The van der Waals surface area contributed by atoms with Crippen LogP contribution in [0.3, 0.4) is 0 Å². The van der Waals surface area contributed by atoms with E-state index in [9.17, 15) is 8.42 Å². The lowest BCUT2D eigenvalue weighted by molar-refractivity contribution is 0.452. The Hall–Kier alpha value is -0.780. The van der Waals surface area contributed by atoms with Crippen LogP contribution in [0.4, 0.5) is 5.69 Å². The third-order valence-corrected chi connectivity index (χ3v) is 5.43. The van der Waals surface area contributed by atoms with Crippen molar-refractivity contribution in [2.75, 3.05) is 19.3 Å². The van der Waals surface area contributed by atoms with Crippen molar-refractivity contribution in [3.05, 3.63) is 22.7 Å². The van der Waals surface area contributed by atoms with Crippen LogP contribution in [0.2, 0.25) is 5.02 Å². The fraction of sp³-hybridized carbons (Fsp3) is 0.500. The van der Waals surface area contributed by atoms with Gasteiger partial charge in [0.15, 0.2) is 0 Å². The average Bonchev–Trinajstić information content (AvgIpc) is 3.06. The SMILES string of the molecule is Cc1c(N)cc(Cl)cc1S(=O)(=O)N(C)CC1CC1. The lowest BCUT2D eigenvalue weighted by atomic mass is 10.2. The molecule has 1 saturated carbocycles. The van der Waals surface area contributed by atoms with Gasteiger partial charge in [-0.15, -0.1) is 0 Å². The summed E-state index contributed by atoms with van der Waals surface area (Å²) in [6, 6.07) is 3.03. The zero-order chi connectivity index (χ0) is 13.5. The average molecular weight is 289 g/mol. The van der Waals surface area contributed by atoms with E-state index >= 15 is 0 Å². The van der Waals surface area contributed by atoms with Crippen molar-refractivity contribution in [2.24, 2.45) is 5.92 Å². The number of halogens is 1. The topological polar surface area (TPSA) is 63.4 Å². The fourth-order valence-corrected chi connectivity index (χ4v) is 3.69. The Morgan fingerprint density at radius 2 is 2.06 bits per heavy atom. The Morgan fingerprint density at radius 3 is 2.61 bits per heavy atom. The van der Waals surface area contributed by atoms with E-state index in [0.29, 0.717) is 28.7 Å². The molecule has 0 amide bonds. The standard InChI is InChI=1S/C12H17ClN2O2S/c1-8-11(14)5-10(13)6-12(8)18(16,17)15(2)7-9-3-4-9/h5-6,9H,3-4,7,14H2,1-2H3. The maximum absolute atomic E-state index is 12.4. The summed E-state index contributed by atoms with van der Waals surface area (Å²) in [5, 5.41) is 0.344. The van der Waals surface area contributed by atoms with E-state index in [0.717, 1.165) is 12.8 Å². The number of benzene rings is 1. The van der Waals surface area contributed by atoms with Crippen molar-refractivity contribution in [3.63, 3.8) is 0 Å². The summed E-state index contributed by atoms with van der Waals surface area (Å²) in [5.74, 6) is 0.501. The molecule has 2 N–H and O–H groups in total. The van der Waals surface area contributed by atoms with E-state index in [1.807, 2.05) is 0 Å². The first-order valence-corrected chi connectivity index (χ1v) is 7.66. The highest BCUT2D eigenvalue weighted by Gasteiger charge is 2.30. The van der Waals surface area contributed by atoms with Gasteiger partial charge in [-0.3, -0.25) is 0 Å². The summed E-state index contributed by atoms with van der Waals surface area (Å²) in [5.41, 5.74) is 6.73. The number of hydrogen-bond donors (Lipinski definition) is 1. The Bertz CT molecular complexity index is 568. The Morgan fingerprint density at radius 1 is 1.44 bits per heavy atom. The molecule has 1 aliphatic carbocycles. The molecule has 1 fully saturated rings. The van der Waals surface area contributed by atoms with E-state index in [1.165, 1.54) is 10.4 Å². The molecule has 6 heteroatoms. The molecule has 0 heterocycles. The molecular formula is C12H17ClN2O2S. The van der Waals surface area contributed by atoms with Crippen LogP contribution in [0.1, 0.15) is 18.4 Å². The molecule has 4 nitrogen and oxygen atoms in total. The minimum absolute atomic E-state index is 0.204. The van der Waals surface area contributed by atoms with Gasteiger partial charge in [-0.05, 0) is 43.4 Å². The van der Waals surface area contributed by atoms with Crippen LogP contribution >= 0.6 is 11.6 Å². The predicted molar refractivity (Wildman–Crippen MR) is 73.1 cm³/mol. The van der Waals surface area contributed by atoms with Gasteiger partial charge in [0.05, 0.1) is 4.90 Å². The normalized spacial score (nSPS) is 16.2. The number of sulfonamides is 1. The van der Waals surface area contributed by atoms with Gasteiger partial charge in [0, 0.05) is 24.3 Å². The zero-order valence-corrected chi connectivity index (χ0v) is 12.1. The van der Waals surface area contributed by atoms with Crippen LogP contribution in [-0.4, -0.2) is 26.3 Å². The van der Waals surface area contributed by atoms with Crippen molar-refractivity contribution in [1.82, 2.24) is 4.31 Å². The number of rotatable bonds is 4. The van der Waals surface area contributed by atoms with Gasteiger partial charge in [-0.2, -0.15) is 0 Å². The van der Waals surface area contributed by atoms with Crippen molar-refractivity contribution >= 4 is 27.3 Å². The molecule has 2 rings (SSSR count). The van der Waals surface area contributed by atoms with E-state index in [4.69, 9.17) is 17.3 Å². The highest BCUT2D eigenvalue weighted by Crippen LogP contribution is 2.33. The highest BCUT2D eigenvalue weighted by molar-refractivity contribution is 7.89. The summed E-state index contributed by atoms with van der Waals surface area (Å²) in [6.07, 6.45) is 2.22. The van der Waals surface area contributed by atoms with Crippen LogP contribution in [0, 0.1) is 12.8 Å². The molecule has 0 radical (unpaired) electrons. The molecule has 0 aromatic heterocycles. The molecule has 18 heavy (non-hydrogen) atoms. The van der Waals surface area contributed by atoms with Crippen molar-refractivity contribution in [1.29, 1.82) is 0 Å². The second-order valence-electron chi connectivity index (χ2n) is 4.85. The minimum Gasteiger partial charge on any atom is -0.398 e. The number of nitrogens with two attached hydrogens (primary N) is 1. The Labute approximate surface area is 113 Å². The van der Waals surface area contributed by atoms with E-state index < -0.39 is 10.0 Å². The van der Waals surface area contributed by atoms with Gasteiger partial charge in [-0.1, -0.05) is 11.6 Å². The van der Waals surface area contributed by atoms with Crippen LogP contribution in [0.15, 0.2) is 17.0 Å². The van der Waals surface area contributed by atoms with Crippen LogP contribution in [0.25, 0.3) is 0 Å². The molecule has 0 spiro atoms. The van der Waals surface area contributed by atoms with Gasteiger partial charge in [0.25, 0.3) is 0 Å². The maximum atomic E-state index is 12.4. The molecule has 1 aliphatic rings. The van der Waals surface area contributed by atoms with E-state index in [1.54, 1.807) is 20.0 Å². The lowest BCUT2D eigenvalue weighted by Gasteiger charge is -2.19. The van der Waals surface area contributed by atoms with Crippen LogP contribution in [0.5, 0.6) is 0 Å². The van der Waals surface area contributed by atoms with Gasteiger partial charge in [0.2, 0.25) is 10.0 Å². The summed E-state index contributed by atoms with van der Waals surface area (Å²) in [7, 11) is -1.90. The lowest BCUT2D eigenvalue weighted by Crippen LogP contribution is -2.29. The molecule has 0 saturated heterocycles. The quantitative estimate of drug-likeness (QED) is 0.865. The first kappa shape index (κ1) is 13.6. The maximum Gasteiger partial charge on any atom is 0.243 e.